The Hall–Kier alpha value is -1.48. The van der Waals surface area contributed by atoms with Crippen molar-refractivity contribution in [2.24, 2.45) is 0 Å². The number of nitrogens with one attached hydrogen (secondary N) is 1. The van der Waals surface area contributed by atoms with Crippen molar-refractivity contribution in [1.29, 1.82) is 0 Å². The Kier molecular flexibility index (Phi) is 5.73. The van der Waals surface area contributed by atoms with Crippen molar-refractivity contribution < 1.29 is 14.6 Å². The number of nitrogens with zero attached hydrogens (tertiary/aromatic N) is 2. The molecule has 3 N–H and O–H groups in total. The fraction of sp³-hybridized carbons (Fsp3) is 0.429. The van der Waals surface area contributed by atoms with E-state index >= 15 is 0 Å². The predicted octanol–water partition coefficient (Wildman–Crippen LogP) is 3.12. The monoisotopic (exact) mass is 403 g/mol. The van der Waals surface area contributed by atoms with Crippen LogP contribution in [0.15, 0.2) is 48.5 Å². The molecule has 4 rings (SSSR count). The molecule has 7 heteroatoms. The van der Waals surface area contributed by atoms with Gasteiger partial charge in [-0.2, -0.15) is 0 Å². The summed E-state index contributed by atoms with van der Waals surface area (Å²) < 4.78 is 15.8. The fourth-order valence-electron chi connectivity index (χ4n) is 4.01. The third-order valence-electron chi connectivity index (χ3n) is 5.56. The van der Waals surface area contributed by atoms with Gasteiger partial charge >= 0.3 is 0 Å². The first-order valence-electron chi connectivity index (χ1n) is 9.66. The second-order valence-corrected chi connectivity index (χ2v) is 8.55. The van der Waals surface area contributed by atoms with Crippen molar-refractivity contribution in [3.05, 3.63) is 71.0 Å². The molecule has 0 bridgehead atoms. The van der Waals surface area contributed by atoms with Crippen LogP contribution in [0.25, 0.3) is 0 Å². The second-order valence-electron chi connectivity index (χ2n) is 7.43. The van der Waals surface area contributed by atoms with Gasteiger partial charge in [0.25, 0.3) is 0 Å². The van der Waals surface area contributed by atoms with Gasteiger partial charge in [0.15, 0.2) is 0 Å². The Bertz CT molecular complexity index is 821. The highest BCUT2D eigenvalue weighted by Crippen LogP contribution is 2.47. The maximum Gasteiger partial charge on any atom is 0.247 e. The molecule has 2 aliphatic heterocycles. The van der Waals surface area contributed by atoms with Gasteiger partial charge in [0, 0.05) is 31.3 Å². The minimum atomic E-state index is -1.94. The summed E-state index contributed by atoms with van der Waals surface area (Å²) in [5, 5.41) is 27.0. The van der Waals surface area contributed by atoms with E-state index in [1.54, 1.807) is 17.4 Å². The van der Waals surface area contributed by atoms with Crippen molar-refractivity contribution in [3.8, 4) is 0 Å². The zero-order valence-electron chi connectivity index (χ0n) is 15.9. The lowest BCUT2D eigenvalue weighted by atomic mass is 9.99. The number of benzene rings is 2. The quantitative estimate of drug-likeness (QED) is 0.541. The Morgan fingerprint density at radius 2 is 1.93 bits per heavy atom. The van der Waals surface area contributed by atoms with Gasteiger partial charge in [0.05, 0.1) is 6.04 Å². The number of piperazine rings is 1. The Morgan fingerprint density at radius 3 is 2.71 bits per heavy atom. The lowest BCUT2D eigenvalue weighted by Gasteiger charge is -2.50. The van der Waals surface area contributed by atoms with Crippen LogP contribution < -0.4 is 5.32 Å². The van der Waals surface area contributed by atoms with Gasteiger partial charge in [0.1, 0.15) is 5.82 Å². The summed E-state index contributed by atoms with van der Waals surface area (Å²) in [6.07, 6.45) is 0.923. The first-order valence-corrected chi connectivity index (χ1v) is 10.5. The zero-order chi connectivity index (χ0) is 19.7. The van der Waals surface area contributed by atoms with Gasteiger partial charge in [0.2, 0.25) is 5.91 Å². The largest absolute Gasteiger partial charge is 0.352 e. The molecular weight excluding hydrogens is 377 g/mol. The number of halogens is 1. The number of hydrogen-bond acceptors (Lipinski definition) is 6. The zero-order valence-corrected chi connectivity index (χ0v) is 16.7. The van der Waals surface area contributed by atoms with E-state index in [1.807, 2.05) is 29.3 Å². The summed E-state index contributed by atoms with van der Waals surface area (Å²) in [6, 6.07) is 15.1. The SMILES string of the molecule is Cc1c(F)cccc1C1CNCCN1N1SC(c2ccccc2)CCC1(O)O. The van der Waals surface area contributed by atoms with Gasteiger partial charge in [-0.05, 0) is 48.0 Å². The average molecular weight is 404 g/mol. The van der Waals surface area contributed by atoms with Crippen LogP contribution in [0.3, 0.4) is 0 Å². The highest BCUT2D eigenvalue weighted by molar-refractivity contribution is 7.97. The van der Waals surface area contributed by atoms with E-state index in [1.165, 1.54) is 23.6 Å². The van der Waals surface area contributed by atoms with Crippen LogP contribution in [0.5, 0.6) is 0 Å². The number of rotatable bonds is 3. The minimum absolute atomic E-state index is 0.137. The van der Waals surface area contributed by atoms with Gasteiger partial charge in [-0.3, -0.25) is 0 Å². The third kappa shape index (κ3) is 3.83. The number of hydrogen-bond donors (Lipinski definition) is 3. The van der Waals surface area contributed by atoms with Crippen LogP contribution in [-0.2, 0) is 0 Å². The molecule has 0 radical (unpaired) electrons. The molecule has 2 aromatic rings. The van der Waals surface area contributed by atoms with Crippen molar-refractivity contribution in [1.82, 2.24) is 14.7 Å². The number of hydrazine groups is 1. The van der Waals surface area contributed by atoms with Crippen LogP contribution in [0.1, 0.15) is 40.8 Å². The molecule has 0 spiro atoms. The summed E-state index contributed by atoms with van der Waals surface area (Å²) in [5.74, 6) is -2.18. The maximum absolute atomic E-state index is 14.2. The van der Waals surface area contributed by atoms with Gasteiger partial charge < -0.3 is 15.5 Å². The predicted molar refractivity (Wildman–Crippen MR) is 108 cm³/mol. The summed E-state index contributed by atoms with van der Waals surface area (Å²) in [5.41, 5.74) is 2.64. The highest BCUT2D eigenvalue weighted by atomic mass is 32.2. The smallest absolute Gasteiger partial charge is 0.247 e. The van der Waals surface area contributed by atoms with E-state index < -0.39 is 5.91 Å². The molecule has 2 fully saturated rings. The van der Waals surface area contributed by atoms with Crippen molar-refractivity contribution in [2.45, 2.75) is 37.0 Å². The third-order valence-corrected chi connectivity index (χ3v) is 7.03. The first kappa shape index (κ1) is 19.8. The Labute approximate surface area is 169 Å². The topological polar surface area (TPSA) is 59.0 Å². The van der Waals surface area contributed by atoms with Crippen LogP contribution in [0.4, 0.5) is 4.39 Å². The molecule has 5 nitrogen and oxygen atoms in total. The molecule has 2 saturated heterocycles. The van der Waals surface area contributed by atoms with Crippen molar-refractivity contribution in [3.63, 3.8) is 0 Å². The molecule has 150 valence electrons. The van der Waals surface area contributed by atoms with Crippen LogP contribution in [0, 0.1) is 12.7 Å². The normalized spacial score (nSPS) is 26.3. The van der Waals surface area contributed by atoms with Gasteiger partial charge in [-0.25, -0.2) is 9.40 Å². The molecule has 2 heterocycles. The summed E-state index contributed by atoms with van der Waals surface area (Å²) in [7, 11) is 0. The van der Waals surface area contributed by atoms with Crippen LogP contribution >= 0.6 is 11.9 Å². The summed E-state index contributed by atoms with van der Waals surface area (Å²) >= 11 is 1.44. The maximum atomic E-state index is 14.2. The molecule has 28 heavy (non-hydrogen) atoms. The number of aliphatic hydroxyl groups is 2. The van der Waals surface area contributed by atoms with E-state index in [2.05, 4.69) is 17.4 Å². The Morgan fingerprint density at radius 1 is 1.14 bits per heavy atom. The molecule has 0 aliphatic carbocycles. The van der Waals surface area contributed by atoms with E-state index in [9.17, 15) is 14.6 Å². The summed E-state index contributed by atoms with van der Waals surface area (Å²) in [4.78, 5) is 0. The molecule has 2 aromatic carbocycles. The van der Waals surface area contributed by atoms with E-state index in [0.29, 0.717) is 25.1 Å². The molecule has 0 saturated carbocycles. The molecule has 2 unspecified atom stereocenters. The molecule has 2 aliphatic rings. The van der Waals surface area contributed by atoms with E-state index in [-0.39, 0.29) is 23.5 Å². The summed E-state index contributed by atoms with van der Waals surface area (Å²) in [6.45, 7) is 3.73. The highest BCUT2D eigenvalue weighted by Gasteiger charge is 2.46. The standard InChI is InChI=1S/C21H26FN3O2S/c1-15-17(8-5-9-18(15)22)19-14-23-12-13-24(19)25-21(26,27)11-10-20(28-25)16-6-3-2-4-7-16/h2-9,19-20,23,26-27H,10-14H2,1H3. The first-order chi connectivity index (χ1) is 13.5. The Balaban J connectivity index is 1.65. The van der Waals surface area contributed by atoms with Crippen LogP contribution in [-0.4, -0.2) is 45.2 Å². The van der Waals surface area contributed by atoms with E-state index in [0.717, 1.165) is 12.1 Å². The van der Waals surface area contributed by atoms with E-state index in [4.69, 9.17) is 0 Å². The minimum Gasteiger partial charge on any atom is -0.352 e. The lowest BCUT2D eigenvalue weighted by Crippen LogP contribution is -2.61. The average Bonchev–Trinajstić information content (AvgIpc) is 2.71. The molecule has 2 atom stereocenters. The van der Waals surface area contributed by atoms with Crippen LogP contribution in [0.2, 0.25) is 0 Å². The van der Waals surface area contributed by atoms with Crippen molar-refractivity contribution >= 4 is 11.9 Å². The lowest BCUT2D eigenvalue weighted by molar-refractivity contribution is -0.297. The van der Waals surface area contributed by atoms with Crippen molar-refractivity contribution in [2.75, 3.05) is 19.6 Å². The molecule has 0 aromatic heterocycles. The van der Waals surface area contributed by atoms with Gasteiger partial charge in [-0.15, -0.1) is 4.41 Å². The second kappa shape index (κ2) is 8.10. The molecular formula is C21H26FN3O2S. The van der Waals surface area contributed by atoms with Gasteiger partial charge in [-0.1, -0.05) is 42.5 Å². The molecule has 0 amide bonds. The fourth-order valence-corrected chi connectivity index (χ4v) is 5.33.